The van der Waals surface area contributed by atoms with E-state index >= 15 is 0 Å². The minimum absolute atomic E-state index is 0.235. The zero-order valence-corrected chi connectivity index (χ0v) is 12.8. The van der Waals surface area contributed by atoms with E-state index in [2.05, 4.69) is 4.90 Å². The van der Waals surface area contributed by atoms with Gasteiger partial charge in [-0.1, -0.05) is 30.3 Å². The maximum Gasteiger partial charge on any atom is 0.272 e. The molecule has 2 N–H and O–H groups in total. The third-order valence-corrected chi connectivity index (χ3v) is 3.65. The third kappa shape index (κ3) is 5.12. The van der Waals surface area contributed by atoms with Crippen LogP contribution in [0.2, 0.25) is 0 Å². The average molecular weight is 317 g/mol. The molecule has 0 atom stereocenters. The number of hydrogen-bond donors (Lipinski definition) is 1. The van der Waals surface area contributed by atoms with Crippen LogP contribution in [0, 0.1) is 15.9 Å². The van der Waals surface area contributed by atoms with Gasteiger partial charge in [-0.2, -0.15) is 0 Å². The molecule has 0 radical (unpaired) electrons. The molecule has 23 heavy (non-hydrogen) atoms. The SMILES string of the molecule is NCCN(CCc1ccccc1)Cc1ccc([N+](=O)[O-])cc1F. The van der Waals surface area contributed by atoms with Crippen molar-refractivity contribution in [1.82, 2.24) is 4.90 Å². The zero-order chi connectivity index (χ0) is 16.7. The van der Waals surface area contributed by atoms with Gasteiger partial charge < -0.3 is 5.73 Å². The number of benzene rings is 2. The molecule has 0 saturated carbocycles. The highest BCUT2D eigenvalue weighted by Crippen LogP contribution is 2.18. The van der Waals surface area contributed by atoms with Crippen molar-refractivity contribution in [2.75, 3.05) is 19.6 Å². The summed E-state index contributed by atoms with van der Waals surface area (Å²) in [5.74, 6) is -0.555. The predicted octanol–water partition coefficient (Wildman–Crippen LogP) is 2.74. The van der Waals surface area contributed by atoms with Crippen LogP contribution in [0.3, 0.4) is 0 Å². The molecule has 2 aromatic carbocycles. The van der Waals surface area contributed by atoms with Crippen molar-refractivity contribution in [1.29, 1.82) is 0 Å². The largest absolute Gasteiger partial charge is 0.329 e. The van der Waals surface area contributed by atoms with Crippen molar-refractivity contribution in [2.24, 2.45) is 5.73 Å². The van der Waals surface area contributed by atoms with E-state index < -0.39 is 10.7 Å². The maximum atomic E-state index is 14.0. The molecular formula is C17H20FN3O2. The lowest BCUT2D eigenvalue weighted by atomic mass is 10.1. The Bertz CT molecular complexity index is 650. The summed E-state index contributed by atoms with van der Waals surface area (Å²) in [4.78, 5) is 12.1. The molecule has 122 valence electrons. The van der Waals surface area contributed by atoms with Gasteiger partial charge >= 0.3 is 0 Å². The fourth-order valence-electron chi connectivity index (χ4n) is 2.40. The molecule has 6 heteroatoms. The molecule has 0 bridgehead atoms. The fraction of sp³-hybridized carbons (Fsp3) is 0.294. The number of nitro groups is 1. The number of halogens is 1. The van der Waals surface area contributed by atoms with Gasteiger partial charge in [0, 0.05) is 37.8 Å². The standard InChI is InChI=1S/C17H20FN3O2/c18-17-12-16(21(22)23)7-6-15(17)13-20(11-9-19)10-8-14-4-2-1-3-5-14/h1-7,12H,8-11,13,19H2. The van der Waals surface area contributed by atoms with Gasteiger partial charge in [-0.15, -0.1) is 0 Å². The molecule has 0 amide bonds. The van der Waals surface area contributed by atoms with Crippen molar-refractivity contribution < 1.29 is 9.31 Å². The van der Waals surface area contributed by atoms with Gasteiger partial charge in [0.25, 0.3) is 5.69 Å². The molecule has 0 heterocycles. The first-order valence-corrected chi connectivity index (χ1v) is 7.49. The second-order valence-electron chi connectivity index (χ2n) is 5.33. The van der Waals surface area contributed by atoms with E-state index in [1.54, 1.807) is 0 Å². The number of nitrogens with two attached hydrogens (primary N) is 1. The summed E-state index contributed by atoms with van der Waals surface area (Å²) < 4.78 is 14.0. The van der Waals surface area contributed by atoms with E-state index in [0.29, 0.717) is 25.2 Å². The van der Waals surface area contributed by atoms with Crippen molar-refractivity contribution in [2.45, 2.75) is 13.0 Å². The molecule has 2 rings (SSSR count). The Morgan fingerprint density at radius 1 is 1.13 bits per heavy atom. The quantitative estimate of drug-likeness (QED) is 0.600. The van der Waals surface area contributed by atoms with Crippen LogP contribution in [0.25, 0.3) is 0 Å². The van der Waals surface area contributed by atoms with Crippen LogP contribution >= 0.6 is 0 Å². The summed E-state index contributed by atoms with van der Waals surface area (Å²) in [6, 6.07) is 13.8. The molecule has 0 aromatic heterocycles. The third-order valence-electron chi connectivity index (χ3n) is 3.65. The van der Waals surface area contributed by atoms with Crippen LogP contribution in [0.15, 0.2) is 48.5 Å². The Kier molecular flexibility index (Phi) is 6.19. The summed E-state index contributed by atoms with van der Waals surface area (Å²) in [6.45, 7) is 2.25. The summed E-state index contributed by atoms with van der Waals surface area (Å²) in [5, 5.41) is 10.7. The molecule has 0 aliphatic carbocycles. The fourth-order valence-corrected chi connectivity index (χ4v) is 2.40. The normalized spacial score (nSPS) is 10.9. The van der Waals surface area contributed by atoms with Gasteiger partial charge in [-0.05, 0) is 18.1 Å². The van der Waals surface area contributed by atoms with Gasteiger partial charge in [-0.3, -0.25) is 15.0 Å². The monoisotopic (exact) mass is 317 g/mol. The predicted molar refractivity (Wildman–Crippen MR) is 87.5 cm³/mol. The topological polar surface area (TPSA) is 72.4 Å². The average Bonchev–Trinajstić information content (AvgIpc) is 2.55. The molecule has 0 fully saturated rings. The van der Waals surface area contributed by atoms with Gasteiger partial charge in [0.1, 0.15) is 5.82 Å². The van der Waals surface area contributed by atoms with E-state index in [1.165, 1.54) is 17.7 Å². The number of rotatable bonds is 8. The highest BCUT2D eigenvalue weighted by molar-refractivity contribution is 5.34. The Morgan fingerprint density at radius 2 is 1.87 bits per heavy atom. The van der Waals surface area contributed by atoms with Crippen LogP contribution in [-0.2, 0) is 13.0 Å². The van der Waals surface area contributed by atoms with Crippen LogP contribution < -0.4 is 5.73 Å². The first-order valence-electron chi connectivity index (χ1n) is 7.49. The van der Waals surface area contributed by atoms with E-state index in [1.807, 2.05) is 30.3 Å². The molecular weight excluding hydrogens is 297 g/mol. The summed E-state index contributed by atoms with van der Waals surface area (Å²) in [5.41, 5.74) is 7.04. The van der Waals surface area contributed by atoms with Crippen LogP contribution in [0.5, 0.6) is 0 Å². The van der Waals surface area contributed by atoms with Crippen molar-refractivity contribution in [3.63, 3.8) is 0 Å². The van der Waals surface area contributed by atoms with Crippen molar-refractivity contribution >= 4 is 5.69 Å². The van der Waals surface area contributed by atoms with Gasteiger partial charge in [0.05, 0.1) is 11.0 Å². The zero-order valence-electron chi connectivity index (χ0n) is 12.8. The van der Waals surface area contributed by atoms with Crippen molar-refractivity contribution in [3.8, 4) is 0 Å². The lowest BCUT2D eigenvalue weighted by Crippen LogP contribution is -2.31. The molecule has 5 nitrogen and oxygen atoms in total. The lowest BCUT2D eigenvalue weighted by molar-refractivity contribution is -0.385. The molecule has 0 aliphatic heterocycles. The van der Waals surface area contributed by atoms with E-state index in [0.717, 1.165) is 19.0 Å². The Morgan fingerprint density at radius 3 is 2.48 bits per heavy atom. The maximum absolute atomic E-state index is 14.0. The van der Waals surface area contributed by atoms with E-state index in [4.69, 9.17) is 5.73 Å². The van der Waals surface area contributed by atoms with E-state index in [9.17, 15) is 14.5 Å². The minimum atomic E-state index is -0.597. The molecule has 2 aromatic rings. The molecule has 0 saturated heterocycles. The second kappa shape index (κ2) is 8.36. The van der Waals surface area contributed by atoms with Gasteiger partial charge in [0.2, 0.25) is 0 Å². The summed E-state index contributed by atoms with van der Waals surface area (Å²) in [7, 11) is 0. The number of nitrogens with zero attached hydrogens (tertiary/aromatic N) is 2. The van der Waals surface area contributed by atoms with Gasteiger partial charge in [-0.25, -0.2) is 4.39 Å². The summed E-state index contributed by atoms with van der Waals surface area (Å²) in [6.07, 6.45) is 0.843. The molecule has 0 spiro atoms. The highest BCUT2D eigenvalue weighted by Gasteiger charge is 2.13. The Labute approximate surface area is 134 Å². The number of non-ortho nitro benzene ring substituents is 1. The molecule has 0 unspecified atom stereocenters. The first-order chi connectivity index (χ1) is 11.1. The van der Waals surface area contributed by atoms with Crippen LogP contribution in [0.4, 0.5) is 10.1 Å². The van der Waals surface area contributed by atoms with Gasteiger partial charge in [0.15, 0.2) is 0 Å². The summed E-state index contributed by atoms with van der Waals surface area (Å²) >= 11 is 0. The van der Waals surface area contributed by atoms with Crippen LogP contribution in [-0.4, -0.2) is 29.5 Å². The Hall–Kier alpha value is -2.31. The minimum Gasteiger partial charge on any atom is -0.329 e. The second-order valence-corrected chi connectivity index (χ2v) is 5.33. The van der Waals surface area contributed by atoms with Crippen LogP contribution in [0.1, 0.15) is 11.1 Å². The number of nitro benzene ring substituents is 1. The highest BCUT2D eigenvalue weighted by atomic mass is 19.1. The molecule has 0 aliphatic rings. The smallest absolute Gasteiger partial charge is 0.272 e. The first kappa shape index (κ1) is 17.1. The van der Waals surface area contributed by atoms with Crippen molar-refractivity contribution in [3.05, 3.63) is 75.6 Å². The Balaban J connectivity index is 2.02. The lowest BCUT2D eigenvalue weighted by Gasteiger charge is -2.22. The van der Waals surface area contributed by atoms with E-state index in [-0.39, 0.29) is 5.69 Å². The number of hydrogen-bond acceptors (Lipinski definition) is 4.